The van der Waals surface area contributed by atoms with Crippen LogP contribution in [0.2, 0.25) is 0 Å². The van der Waals surface area contributed by atoms with E-state index in [1.54, 1.807) is 19.4 Å². The van der Waals surface area contributed by atoms with Crippen LogP contribution in [0, 0.1) is 0 Å². The molecule has 4 heteroatoms. The van der Waals surface area contributed by atoms with Crippen LogP contribution in [0.1, 0.15) is 23.8 Å². The first-order valence-corrected chi connectivity index (χ1v) is 5.45. The van der Waals surface area contributed by atoms with E-state index >= 15 is 0 Å². The molecule has 1 aliphatic rings. The third-order valence-corrected chi connectivity index (χ3v) is 2.95. The van der Waals surface area contributed by atoms with Gasteiger partial charge in [0.15, 0.2) is 5.78 Å². The Morgan fingerprint density at radius 1 is 1.56 bits per heavy atom. The SMILES string of the molecule is COC1CCN(c2ccc(C(C)=O)nc2)C1. The van der Waals surface area contributed by atoms with Crippen molar-refractivity contribution < 1.29 is 9.53 Å². The highest BCUT2D eigenvalue weighted by Crippen LogP contribution is 2.20. The second-order valence-electron chi connectivity index (χ2n) is 4.05. The lowest BCUT2D eigenvalue weighted by Crippen LogP contribution is -2.22. The maximum Gasteiger partial charge on any atom is 0.178 e. The fourth-order valence-electron chi connectivity index (χ4n) is 1.94. The van der Waals surface area contributed by atoms with E-state index in [0.29, 0.717) is 11.8 Å². The minimum atomic E-state index is 0.00254. The van der Waals surface area contributed by atoms with Gasteiger partial charge in [0.05, 0.1) is 18.0 Å². The van der Waals surface area contributed by atoms with Gasteiger partial charge in [-0.15, -0.1) is 0 Å². The quantitative estimate of drug-likeness (QED) is 0.724. The van der Waals surface area contributed by atoms with Gasteiger partial charge in [-0.05, 0) is 18.6 Å². The number of ketones is 1. The summed E-state index contributed by atoms with van der Waals surface area (Å²) < 4.78 is 5.31. The highest BCUT2D eigenvalue weighted by atomic mass is 16.5. The Kier molecular flexibility index (Phi) is 3.19. The summed E-state index contributed by atoms with van der Waals surface area (Å²) in [5, 5.41) is 0. The number of hydrogen-bond acceptors (Lipinski definition) is 4. The van der Waals surface area contributed by atoms with Gasteiger partial charge in [0.2, 0.25) is 0 Å². The molecule has 0 amide bonds. The second kappa shape index (κ2) is 4.61. The van der Waals surface area contributed by atoms with Gasteiger partial charge in [0.1, 0.15) is 5.69 Å². The molecule has 0 spiro atoms. The van der Waals surface area contributed by atoms with E-state index in [2.05, 4.69) is 9.88 Å². The van der Waals surface area contributed by atoms with Crippen molar-refractivity contribution in [2.75, 3.05) is 25.1 Å². The van der Waals surface area contributed by atoms with Gasteiger partial charge in [-0.2, -0.15) is 0 Å². The van der Waals surface area contributed by atoms with E-state index in [9.17, 15) is 4.79 Å². The molecule has 0 aromatic carbocycles. The van der Waals surface area contributed by atoms with Gasteiger partial charge in [0.25, 0.3) is 0 Å². The lowest BCUT2D eigenvalue weighted by Gasteiger charge is -2.17. The fraction of sp³-hybridized carbons (Fsp3) is 0.500. The molecule has 0 saturated carbocycles. The van der Waals surface area contributed by atoms with E-state index in [4.69, 9.17) is 4.74 Å². The lowest BCUT2D eigenvalue weighted by atomic mass is 10.2. The molecule has 1 aliphatic heterocycles. The largest absolute Gasteiger partial charge is 0.380 e. The third-order valence-electron chi connectivity index (χ3n) is 2.95. The fourth-order valence-corrected chi connectivity index (χ4v) is 1.94. The summed E-state index contributed by atoms with van der Waals surface area (Å²) in [6.07, 6.45) is 3.12. The van der Waals surface area contributed by atoms with Crippen molar-refractivity contribution in [1.82, 2.24) is 4.98 Å². The molecule has 1 aromatic heterocycles. The molecule has 2 heterocycles. The van der Waals surface area contributed by atoms with Crippen LogP contribution < -0.4 is 4.90 Å². The highest BCUT2D eigenvalue weighted by Gasteiger charge is 2.22. The molecule has 4 nitrogen and oxygen atoms in total. The number of nitrogens with zero attached hydrogens (tertiary/aromatic N) is 2. The molecule has 1 aromatic rings. The number of Topliss-reactive ketones (excluding diaryl/α,β-unsaturated/α-hetero) is 1. The van der Waals surface area contributed by atoms with Crippen LogP contribution >= 0.6 is 0 Å². The zero-order chi connectivity index (χ0) is 11.5. The molecule has 16 heavy (non-hydrogen) atoms. The number of carbonyl (C=O) groups is 1. The molecular formula is C12H16N2O2. The van der Waals surface area contributed by atoms with Crippen molar-refractivity contribution in [3.63, 3.8) is 0 Å². The van der Waals surface area contributed by atoms with Crippen molar-refractivity contribution in [3.05, 3.63) is 24.0 Å². The Balaban J connectivity index is 2.08. The van der Waals surface area contributed by atoms with E-state index < -0.39 is 0 Å². The second-order valence-corrected chi connectivity index (χ2v) is 4.05. The number of aromatic nitrogens is 1. The molecule has 1 unspecified atom stereocenters. The molecule has 0 N–H and O–H groups in total. The Bertz CT molecular complexity index is 375. The molecule has 1 atom stereocenters. The molecular weight excluding hydrogens is 204 g/mol. The standard InChI is InChI=1S/C12H16N2O2/c1-9(15)12-4-3-10(7-13-12)14-6-5-11(8-14)16-2/h3-4,7,11H,5-6,8H2,1-2H3. The van der Waals surface area contributed by atoms with Crippen LogP contribution in [0.5, 0.6) is 0 Å². The van der Waals surface area contributed by atoms with Crippen LogP contribution in [0.3, 0.4) is 0 Å². The predicted molar refractivity (Wildman–Crippen MR) is 61.9 cm³/mol. The van der Waals surface area contributed by atoms with Crippen molar-refractivity contribution >= 4 is 11.5 Å². The summed E-state index contributed by atoms with van der Waals surface area (Å²) in [6.45, 7) is 3.41. The lowest BCUT2D eigenvalue weighted by molar-refractivity contribution is 0.101. The Labute approximate surface area is 95.2 Å². The minimum absolute atomic E-state index is 0.00254. The van der Waals surface area contributed by atoms with Gasteiger partial charge < -0.3 is 9.64 Å². The average Bonchev–Trinajstić information content (AvgIpc) is 2.77. The van der Waals surface area contributed by atoms with Crippen LogP contribution in [0.25, 0.3) is 0 Å². The zero-order valence-corrected chi connectivity index (χ0v) is 9.64. The predicted octanol–water partition coefficient (Wildman–Crippen LogP) is 1.51. The van der Waals surface area contributed by atoms with Crippen LogP contribution in [-0.2, 0) is 4.74 Å². The maximum atomic E-state index is 11.1. The first-order valence-electron chi connectivity index (χ1n) is 5.45. The van der Waals surface area contributed by atoms with Gasteiger partial charge >= 0.3 is 0 Å². The molecule has 0 aliphatic carbocycles. The van der Waals surface area contributed by atoms with Gasteiger partial charge in [0, 0.05) is 27.1 Å². The van der Waals surface area contributed by atoms with Crippen molar-refractivity contribution in [3.8, 4) is 0 Å². The first-order chi connectivity index (χ1) is 7.70. The van der Waals surface area contributed by atoms with Crippen LogP contribution in [0.4, 0.5) is 5.69 Å². The zero-order valence-electron chi connectivity index (χ0n) is 9.64. The number of methoxy groups -OCH3 is 1. The smallest absolute Gasteiger partial charge is 0.178 e. The minimum Gasteiger partial charge on any atom is -0.380 e. The maximum absolute atomic E-state index is 11.1. The van der Waals surface area contributed by atoms with Gasteiger partial charge in [-0.1, -0.05) is 0 Å². The summed E-state index contributed by atoms with van der Waals surface area (Å²) in [6, 6.07) is 3.72. The Morgan fingerprint density at radius 2 is 2.38 bits per heavy atom. The number of anilines is 1. The molecule has 86 valence electrons. The molecule has 2 rings (SSSR count). The Hall–Kier alpha value is -1.42. The van der Waals surface area contributed by atoms with E-state index in [-0.39, 0.29) is 5.78 Å². The van der Waals surface area contributed by atoms with Gasteiger partial charge in [-0.25, -0.2) is 0 Å². The summed E-state index contributed by atoms with van der Waals surface area (Å²) in [7, 11) is 1.74. The van der Waals surface area contributed by atoms with E-state index in [1.807, 2.05) is 6.07 Å². The normalized spacial score (nSPS) is 20.1. The summed E-state index contributed by atoms with van der Waals surface area (Å²) in [5.74, 6) is 0.00254. The molecule has 1 fully saturated rings. The third kappa shape index (κ3) is 2.22. The number of rotatable bonds is 3. The number of pyridine rings is 1. The summed E-state index contributed by atoms with van der Waals surface area (Å²) >= 11 is 0. The topological polar surface area (TPSA) is 42.4 Å². The summed E-state index contributed by atoms with van der Waals surface area (Å²) in [4.78, 5) is 17.4. The molecule has 1 saturated heterocycles. The van der Waals surface area contributed by atoms with Crippen molar-refractivity contribution in [2.45, 2.75) is 19.4 Å². The van der Waals surface area contributed by atoms with Crippen LogP contribution in [-0.4, -0.2) is 37.1 Å². The van der Waals surface area contributed by atoms with E-state index in [0.717, 1.165) is 25.2 Å². The van der Waals surface area contributed by atoms with Crippen molar-refractivity contribution in [2.24, 2.45) is 0 Å². The number of hydrogen-bond donors (Lipinski definition) is 0. The monoisotopic (exact) mass is 220 g/mol. The summed E-state index contributed by atoms with van der Waals surface area (Å²) in [5.41, 5.74) is 1.58. The first kappa shape index (κ1) is 11.1. The molecule has 0 bridgehead atoms. The Morgan fingerprint density at radius 3 is 2.88 bits per heavy atom. The molecule has 0 radical (unpaired) electrons. The highest BCUT2D eigenvalue weighted by molar-refractivity contribution is 5.92. The number of carbonyl (C=O) groups excluding carboxylic acids is 1. The van der Waals surface area contributed by atoms with Crippen LogP contribution in [0.15, 0.2) is 18.3 Å². The van der Waals surface area contributed by atoms with E-state index in [1.165, 1.54) is 6.92 Å². The van der Waals surface area contributed by atoms with Gasteiger partial charge in [-0.3, -0.25) is 9.78 Å². The average molecular weight is 220 g/mol. The number of ether oxygens (including phenoxy) is 1. The van der Waals surface area contributed by atoms with Crippen molar-refractivity contribution in [1.29, 1.82) is 0 Å².